The van der Waals surface area contributed by atoms with Gasteiger partial charge in [0.2, 0.25) is 0 Å². The van der Waals surface area contributed by atoms with Crippen molar-refractivity contribution in [3.63, 3.8) is 0 Å². The fourth-order valence-corrected chi connectivity index (χ4v) is 6.24. The molecule has 6 aromatic carbocycles. The van der Waals surface area contributed by atoms with Gasteiger partial charge in [0, 0.05) is 10.9 Å². The second-order valence-electron chi connectivity index (χ2n) is 10.4. The SMILES string of the molecule is C1=C\c2c(oc3ccccc23)COc2ccc(-c3c4ccccc4c(-c4ccccc4)c4ccccc34)cc2C/1. The van der Waals surface area contributed by atoms with E-state index in [-0.39, 0.29) is 0 Å². The first-order valence-corrected chi connectivity index (χ1v) is 13.8. The predicted molar refractivity (Wildman–Crippen MR) is 166 cm³/mol. The van der Waals surface area contributed by atoms with Crippen LogP contribution in [0.2, 0.25) is 0 Å². The van der Waals surface area contributed by atoms with Gasteiger partial charge in [-0.1, -0.05) is 115 Å². The Bertz CT molecular complexity index is 2020. The average Bonchev–Trinajstić information content (AvgIpc) is 3.39. The molecule has 0 saturated heterocycles. The van der Waals surface area contributed by atoms with Crippen molar-refractivity contribution in [2.45, 2.75) is 13.0 Å². The average molecular weight is 515 g/mol. The summed E-state index contributed by atoms with van der Waals surface area (Å²) in [5.41, 5.74) is 8.15. The molecule has 0 saturated carbocycles. The first-order valence-electron chi connectivity index (χ1n) is 13.8. The van der Waals surface area contributed by atoms with Gasteiger partial charge in [-0.15, -0.1) is 0 Å². The third kappa shape index (κ3) is 3.65. The second kappa shape index (κ2) is 9.29. The molecule has 1 aliphatic rings. The van der Waals surface area contributed by atoms with Gasteiger partial charge in [0.05, 0.1) is 0 Å². The van der Waals surface area contributed by atoms with E-state index in [1.54, 1.807) is 0 Å². The minimum atomic E-state index is 0.401. The quantitative estimate of drug-likeness (QED) is 0.214. The number of para-hydroxylation sites is 1. The molecular formula is C38H26O2. The lowest BCUT2D eigenvalue weighted by Gasteiger charge is -2.18. The number of allylic oxidation sites excluding steroid dienone is 1. The summed E-state index contributed by atoms with van der Waals surface area (Å²) in [6, 6.07) is 43.1. The van der Waals surface area contributed by atoms with E-state index in [9.17, 15) is 0 Å². The highest BCUT2D eigenvalue weighted by Crippen LogP contribution is 2.44. The summed E-state index contributed by atoms with van der Waals surface area (Å²) in [7, 11) is 0. The normalized spacial score (nSPS) is 13.7. The molecule has 8 rings (SSSR count). The van der Waals surface area contributed by atoms with Gasteiger partial charge in [-0.3, -0.25) is 0 Å². The van der Waals surface area contributed by atoms with Crippen LogP contribution in [-0.2, 0) is 13.0 Å². The van der Waals surface area contributed by atoms with Crippen LogP contribution in [-0.4, -0.2) is 0 Å². The minimum absolute atomic E-state index is 0.401. The molecule has 2 nitrogen and oxygen atoms in total. The van der Waals surface area contributed by atoms with E-state index in [0.29, 0.717) is 6.61 Å². The second-order valence-corrected chi connectivity index (χ2v) is 10.4. The lowest BCUT2D eigenvalue weighted by Crippen LogP contribution is -1.98. The summed E-state index contributed by atoms with van der Waals surface area (Å²) < 4.78 is 12.5. The highest BCUT2D eigenvalue weighted by Gasteiger charge is 2.19. The number of benzene rings is 6. The lowest BCUT2D eigenvalue weighted by atomic mass is 9.85. The van der Waals surface area contributed by atoms with Crippen LogP contribution < -0.4 is 4.74 Å². The fourth-order valence-electron chi connectivity index (χ4n) is 6.24. The van der Waals surface area contributed by atoms with E-state index >= 15 is 0 Å². The zero-order chi connectivity index (χ0) is 26.5. The van der Waals surface area contributed by atoms with Crippen LogP contribution in [0.4, 0.5) is 0 Å². The third-order valence-corrected chi connectivity index (χ3v) is 8.03. The van der Waals surface area contributed by atoms with Crippen LogP contribution >= 0.6 is 0 Å². The summed E-state index contributed by atoms with van der Waals surface area (Å²) in [6.45, 7) is 0.401. The maximum absolute atomic E-state index is 6.37. The van der Waals surface area contributed by atoms with Gasteiger partial charge in [-0.2, -0.15) is 0 Å². The Hall–Kier alpha value is -5.08. The number of rotatable bonds is 2. The van der Waals surface area contributed by atoms with Crippen molar-refractivity contribution in [3.8, 4) is 28.0 Å². The molecule has 0 amide bonds. The van der Waals surface area contributed by atoms with Crippen LogP contribution in [0.15, 0.2) is 132 Å². The molecule has 40 heavy (non-hydrogen) atoms. The molecular weight excluding hydrogens is 488 g/mol. The van der Waals surface area contributed by atoms with Gasteiger partial charge in [0.25, 0.3) is 0 Å². The third-order valence-electron chi connectivity index (χ3n) is 8.03. The van der Waals surface area contributed by atoms with Crippen molar-refractivity contribution in [2.24, 2.45) is 0 Å². The first-order chi connectivity index (χ1) is 19.8. The van der Waals surface area contributed by atoms with E-state index in [1.165, 1.54) is 49.4 Å². The number of hydrogen-bond donors (Lipinski definition) is 0. The Labute approximate surface area is 232 Å². The number of furan rings is 1. The first kappa shape index (κ1) is 22.9. The zero-order valence-electron chi connectivity index (χ0n) is 21.9. The van der Waals surface area contributed by atoms with Gasteiger partial charge < -0.3 is 9.15 Å². The highest BCUT2D eigenvalue weighted by atomic mass is 16.5. The molecule has 2 heteroatoms. The van der Waals surface area contributed by atoms with Gasteiger partial charge in [-0.25, -0.2) is 0 Å². The minimum Gasteiger partial charge on any atom is -0.485 e. The smallest absolute Gasteiger partial charge is 0.149 e. The zero-order valence-corrected chi connectivity index (χ0v) is 21.9. The van der Waals surface area contributed by atoms with Crippen molar-refractivity contribution in [2.75, 3.05) is 0 Å². The van der Waals surface area contributed by atoms with Gasteiger partial charge in [0.1, 0.15) is 23.7 Å². The van der Waals surface area contributed by atoms with Crippen molar-refractivity contribution >= 4 is 38.6 Å². The van der Waals surface area contributed by atoms with Crippen molar-refractivity contribution < 1.29 is 9.15 Å². The molecule has 0 bridgehead atoms. The van der Waals surface area contributed by atoms with Gasteiger partial charge in [-0.05, 0) is 74.0 Å². The van der Waals surface area contributed by atoms with Crippen molar-refractivity contribution in [1.82, 2.24) is 0 Å². The summed E-state index contributed by atoms with van der Waals surface area (Å²) in [5.74, 6) is 1.76. The maximum Gasteiger partial charge on any atom is 0.149 e. The summed E-state index contributed by atoms with van der Waals surface area (Å²) in [4.78, 5) is 0. The molecule has 7 aromatic rings. The largest absolute Gasteiger partial charge is 0.485 e. The molecule has 0 aliphatic carbocycles. The van der Waals surface area contributed by atoms with Crippen LogP contribution in [0.1, 0.15) is 16.9 Å². The molecule has 0 fully saturated rings. The Morgan fingerprint density at radius 2 is 1.12 bits per heavy atom. The van der Waals surface area contributed by atoms with E-state index in [0.717, 1.165) is 34.5 Å². The lowest BCUT2D eigenvalue weighted by molar-refractivity contribution is 0.272. The van der Waals surface area contributed by atoms with E-state index in [1.807, 2.05) is 12.1 Å². The van der Waals surface area contributed by atoms with E-state index in [2.05, 4.69) is 121 Å². The van der Waals surface area contributed by atoms with Crippen LogP contribution in [0.3, 0.4) is 0 Å². The molecule has 2 heterocycles. The highest BCUT2D eigenvalue weighted by molar-refractivity contribution is 6.21. The molecule has 0 radical (unpaired) electrons. The molecule has 0 N–H and O–H groups in total. The molecule has 0 spiro atoms. The van der Waals surface area contributed by atoms with Crippen LogP contribution in [0.25, 0.3) is 60.8 Å². The number of ether oxygens (including phenoxy) is 1. The molecule has 0 atom stereocenters. The fraction of sp³-hybridized carbons (Fsp3) is 0.0526. The Morgan fingerprint density at radius 3 is 1.82 bits per heavy atom. The maximum atomic E-state index is 6.37. The van der Waals surface area contributed by atoms with Crippen molar-refractivity contribution in [3.05, 3.63) is 144 Å². The topological polar surface area (TPSA) is 22.4 Å². The van der Waals surface area contributed by atoms with E-state index < -0.39 is 0 Å². The van der Waals surface area contributed by atoms with Gasteiger partial charge >= 0.3 is 0 Å². The van der Waals surface area contributed by atoms with Gasteiger partial charge in [0.15, 0.2) is 0 Å². The number of hydrogen-bond acceptors (Lipinski definition) is 2. The summed E-state index contributed by atoms with van der Waals surface area (Å²) in [6.07, 6.45) is 5.19. The summed E-state index contributed by atoms with van der Waals surface area (Å²) in [5, 5.41) is 6.16. The summed E-state index contributed by atoms with van der Waals surface area (Å²) >= 11 is 0. The predicted octanol–water partition coefficient (Wildman–Crippen LogP) is 10.2. The standard InChI is InChI=1S/C38H26O2/c1-2-11-25(12-3-1)37-30-15-4-6-17-32(30)38(33-18-7-5-16-31(33)37)27-21-22-34-26(23-27)13-10-19-29-28-14-8-9-20-35(28)40-36(29)24-39-34/h1-12,14-23H,13,24H2/b19-10-. The Morgan fingerprint density at radius 1 is 0.525 bits per heavy atom. The molecule has 190 valence electrons. The molecule has 1 aliphatic heterocycles. The molecule has 1 aromatic heterocycles. The van der Waals surface area contributed by atoms with Crippen molar-refractivity contribution in [1.29, 1.82) is 0 Å². The Balaban J connectivity index is 1.31. The van der Waals surface area contributed by atoms with Crippen LogP contribution in [0, 0.1) is 0 Å². The molecule has 0 unspecified atom stereocenters. The number of fused-ring (bicyclic) bond motifs is 6. The van der Waals surface area contributed by atoms with Crippen LogP contribution in [0.5, 0.6) is 5.75 Å². The van der Waals surface area contributed by atoms with E-state index in [4.69, 9.17) is 9.15 Å². The Kier molecular flexibility index (Phi) is 5.31. The monoisotopic (exact) mass is 514 g/mol.